The largest absolute Gasteiger partial charge is 0.428 e. The van der Waals surface area contributed by atoms with Crippen LogP contribution in [0.2, 0.25) is 10.0 Å². The molecule has 0 aromatic heterocycles. The van der Waals surface area contributed by atoms with Crippen LogP contribution in [0.4, 0.5) is 18.9 Å². The number of halogens is 5. The topological polar surface area (TPSA) is 67.4 Å². The smallest absolute Gasteiger partial charge is 0.322 e. The van der Waals surface area contributed by atoms with Gasteiger partial charge >= 0.3 is 6.18 Å². The van der Waals surface area contributed by atoms with Crippen molar-refractivity contribution in [3.05, 3.63) is 140 Å². The lowest BCUT2D eigenvalue weighted by Gasteiger charge is -2.28. The minimum Gasteiger partial charge on any atom is -0.322 e. The van der Waals surface area contributed by atoms with E-state index >= 15 is 0 Å². The molecule has 0 saturated heterocycles. The van der Waals surface area contributed by atoms with Gasteiger partial charge in [-0.2, -0.15) is 13.2 Å². The molecule has 0 radical (unpaired) electrons. The number of alkyl halides is 3. The Bertz CT molecular complexity index is 1650. The van der Waals surface area contributed by atoms with Crippen molar-refractivity contribution in [2.75, 3.05) is 5.32 Å². The fourth-order valence-corrected chi connectivity index (χ4v) is 4.93. The summed E-state index contributed by atoms with van der Waals surface area (Å²) in [4.78, 5) is 30.8. The highest BCUT2D eigenvalue weighted by Crippen LogP contribution is 2.48. The summed E-state index contributed by atoms with van der Waals surface area (Å²) in [6.45, 7) is 1.75. The van der Waals surface area contributed by atoms with Gasteiger partial charge in [-0.25, -0.2) is 0 Å². The maximum absolute atomic E-state index is 14.4. The van der Waals surface area contributed by atoms with Gasteiger partial charge in [-0.1, -0.05) is 77.8 Å². The number of aryl methyl sites for hydroxylation is 1. The van der Waals surface area contributed by atoms with E-state index in [4.69, 9.17) is 28.0 Å². The molecule has 5 rings (SSSR count). The Hall–Kier alpha value is -4.11. The third-order valence-electron chi connectivity index (χ3n) is 6.62. The predicted molar refractivity (Wildman–Crippen MR) is 152 cm³/mol. The highest BCUT2D eigenvalue weighted by Gasteiger charge is 2.59. The molecular formula is C31H21Cl2F3N2O3. The fourth-order valence-electron chi connectivity index (χ4n) is 4.40. The molecule has 1 aliphatic heterocycles. The number of rotatable bonds is 6. The number of hydrogen-bond acceptors (Lipinski definition) is 4. The number of carbonyl (C=O) groups excluding carboxylic acids is 2. The summed E-state index contributed by atoms with van der Waals surface area (Å²) in [6, 6.07) is 23.4. The second kappa shape index (κ2) is 11.0. The van der Waals surface area contributed by atoms with Gasteiger partial charge in [-0.05, 0) is 55.0 Å². The molecule has 0 saturated carbocycles. The van der Waals surface area contributed by atoms with Gasteiger partial charge in [-0.15, -0.1) is 0 Å². The molecular weight excluding hydrogens is 576 g/mol. The number of hydrogen-bond donors (Lipinski definition) is 2. The monoisotopic (exact) mass is 596 g/mol. The quantitative estimate of drug-likeness (QED) is 0.221. The standard InChI is InChI=1S/C31H21Cl2F3N2O3/c1-18-7-8-22(27-17-30(41-38-27,31(34,35)36)23-14-24(32)16-25(33)15-23)13-26(18)37-29(40)21-11-9-20(10-12-21)28(39)19-5-3-2-4-6-19/h2-17,38H,1H3,(H,37,40). The van der Waals surface area contributed by atoms with Gasteiger partial charge in [-0.3, -0.25) is 19.9 Å². The molecule has 4 aromatic carbocycles. The molecule has 1 atom stereocenters. The van der Waals surface area contributed by atoms with Crippen molar-refractivity contribution in [3.8, 4) is 0 Å². The van der Waals surface area contributed by atoms with Crippen LogP contribution in [0.1, 0.15) is 43.0 Å². The van der Waals surface area contributed by atoms with E-state index in [1.54, 1.807) is 61.5 Å². The number of ketones is 1. The van der Waals surface area contributed by atoms with Crippen LogP contribution >= 0.6 is 23.2 Å². The summed E-state index contributed by atoms with van der Waals surface area (Å²) in [5.74, 6) is -0.623. The molecule has 1 aliphatic rings. The van der Waals surface area contributed by atoms with Crippen LogP contribution < -0.4 is 10.8 Å². The Kier molecular flexibility index (Phi) is 7.66. The Labute approximate surface area is 243 Å². The van der Waals surface area contributed by atoms with Crippen molar-refractivity contribution < 1.29 is 27.6 Å². The van der Waals surface area contributed by atoms with Gasteiger partial charge in [0.2, 0.25) is 5.60 Å². The van der Waals surface area contributed by atoms with E-state index < -0.39 is 17.7 Å². The Morgan fingerprint density at radius 1 is 0.829 bits per heavy atom. The van der Waals surface area contributed by atoms with E-state index in [9.17, 15) is 22.8 Å². The number of carbonyl (C=O) groups is 2. The van der Waals surface area contributed by atoms with Crippen molar-refractivity contribution in [2.45, 2.75) is 18.7 Å². The lowest BCUT2D eigenvalue weighted by atomic mass is 9.91. The molecule has 2 N–H and O–H groups in total. The van der Waals surface area contributed by atoms with Gasteiger partial charge in [0, 0.05) is 43.5 Å². The molecule has 0 aliphatic carbocycles. The van der Waals surface area contributed by atoms with Crippen molar-refractivity contribution in [3.63, 3.8) is 0 Å². The normalized spacial score (nSPS) is 16.6. The molecule has 0 fully saturated rings. The van der Waals surface area contributed by atoms with Crippen LogP contribution in [-0.4, -0.2) is 17.9 Å². The average molecular weight is 597 g/mol. The van der Waals surface area contributed by atoms with Gasteiger partial charge in [0.05, 0.1) is 5.70 Å². The third kappa shape index (κ3) is 5.72. The molecule has 0 spiro atoms. The summed E-state index contributed by atoms with van der Waals surface area (Å²) in [5, 5.41) is 2.85. The lowest BCUT2D eigenvalue weighted by molar-refractivity contribution is -0.269. The Morgan fingerprint density at radius 3 is 2.07 bits per heavy atom. The van der Waals surface area contributed by atoms with Crippen LogP contribution in [-0.2, 0) is 10.4 Å². The predicted octanol–water partition coefficient (Wildman–Crippen LogP) is 8.12. The first-order valence-corrected chi connectivity index (χ1v) is 13.0. The maximum atomic E-state index is 14.4. The highest BCUT2D eigenvalue weighted by atomic mass is 35.5. The summed E-state index contributed by atoms with van der Waals surface area (Å²) >= 11 is 12.0. The zero-order chi connectivity index (χ0) is 29.4. The van der Waals surface area contributed by atoms with Gasteiger partial charge in [0.15, 0.2) is 5.78 Å². The second-order valence-corrected chi connectivity index (χ2v) is 10.3. The van der Waals surface area contributed by atoms with E-state index in [0.29, 0.717) is 33.5 Å². The van der Waals surface area contributed by atoms with Crippen molar-refractivity contribution in [1.29, 1.82) is 0 Å². The first-order chi connectivity index (χ1) is 19.5. The summed E-state index contributed by atoms with van der Waals surface area (Å²) < 4.78 is 43.1. The minimum absolute atomic E-state index is 0.0272. The molecule has 208 valence electrons. The van der Waals surface area contributed by atoms with Crippen molar-refractivity contribution in [2.24, 2.45) is 0 Å². The summed E-state index contributed by atoms with van der Waals surface area (Å²) in [5.41, 5.74) is 1.95. The number of nitrogens with one attached hydrogen (secondary N) is 2. The van der Waals surface area contributed by atoms with Gasteiger partial charge in [0.1, 0.15) is 0 Å². The first kappa shape index (κ1) is 28.4. The second-order valence-electron chi connectivity index (χ2n) is 9.41. The molecule has 10 heteroatoms. The van der Waals surface area contributed by atoms with E-state index in [0.717, 1.165) is 18.2 Å². The lowest BCUT2D eigenvalue weighted by Crippen LogP contribution is -2.42. The first-order valence-electron chi connectivity index (χ1n) is 12.3. The zero-order valence-corrected chi connectivity index (χ0v) is 22.9. The number of amides is 1. The van der Waals surface area contributed by atoms with Crippen LogP contribution in [0.3, 0.4) is 0 Å². The van der Waals surface area contributed by atoms with E-state index in [1.165, 1.54) is 18.2 Å². The molecule has 1 amide bonds. The molecule has 5 nitrogen and oxygen atoms in total. The SMILES string of the molecule is Cc1ccc(C2=CC(c3cc(Cl)cc(Cl)c3)(C(F)(F)F)ON2)cc1NC(=O)c1ccc(C(=O)c2ccccc2)cc1. The molecule has 1 heterocycles. The van der Waals surface area contributed by atoms with Crippen LogP contribution in [0.15, 0.2) is 97.1 Å². The highest BCUT2D eigenvalue weighted by molar-refractivity contribution is 6.34. The van der Waals surface area contributed by atoms with Crippen LogP contribution in [0.5, 0.6) is 0 Å². The fraction of sp³-hybridized carbons (Fsp3) is 0.0968. The summed E-state index contributed by atoms with van der Waals surface area (Å²) in [6.07, 6.45) is -3.95. The Balaban J connectivity index is 1.40. The molecule has 1 unspecified atom stereocenters. The molecule has 41 heavy (non-hydrogen) atoms. The van der Waals surface area contributed by atoms with Crippen LogP contribution in [0.25, 0.3) is 5.70 Å². The van der Waals surface area contributed by atoms with Crippen LogP contribution in [0, 0.1) is 6.92 Å². The van der Waals surface area contributed by atoms with Gasteiger partial charge in [0.25, 0.3) is 5.91 Å². The maximum Gasteiger partial charge on any atom is 0.428 e. The van der Waals surface area contributed by atoms with E-state index in [2.05, 4.69) is 10.8 Å². The van der Waals surface area contributed by atoms with Gasteiger partial charge < -0.3 is 5.32 Å². The molecule has 0 bridgehead atoms. The minimum atomic E-state index is -4.86. The summed E-state index contributed by atoms with van der Waals surface area (Å²) in [7, 11) is 0. The van der Waals surface area contributed by atoms with Crippen molar-refractivity contribution >= 4 is 46.3 Å². The van der Waals surface area contributed by atoms with Crippen molar-refractivity contribution in [1.82, 2.24) is 5.48 Å². The number of hydroxylamine groups is 1. The van der Waals surface area contributed by atoms with E-state index in [1.807, 2.05) is 6.07 Å². The van der Waals surface area contributed by atoms with E-state index in [-0.39, 0.29) is 27.1 Å². The number of benzene rings is 4. The molecule has 4 aromatic rings. The third-order valence-corrected chi connectivity index (χ3v) is 7.06. The Morgan fingerprint density at radius 2 is 1.44 bits per heavy atom. The number of anilines is 1. The average Bonchev–Trinajstić information content (AvgIpc) is 3.41. The zero-order valence-electron chi connectivity index (χ0n) is 21.4.